The Morgan fingerprint density at radius 3 is 2.61 bits per heavy atom. The molecular weight excluding hydrogens is 488 g/mol. The maximum atomic E-state index is 6.17. The van der Waals surface area contributed by atoms with Crippen LogP contribution in [0.5, 0.6) is 0 Å². The zero-order valence-corrected chi connectivity index (χ0v) is 23.4. The Morgan fingerprint density at radius 1 is 1.17 bits per heavy atom. The molecule has 2 N–H and O–H groups in total. The molecule has 2 atom stereocenters. The molecule has 194 valence electrons. The molecular formula is C29H39ClN4OS. The lowest BCUT2D eigenvalue weighted by atomic mass is 9.97. The van der Waals surface area contributed by atoms with Crippen molar-refractivity contribution in [3.63, 3.8) is 0 Å². The quantitative estimate of drug-likeness (QED) is 0.220. The topological polar surface area (TPSA) is 43.5 Å². The molecule has 7 heteroatoms. The van der Waals surface area contributed by atoms with Gasteiger partial charge in [0.05, 0.1) is 11.8 Å². The van der Waals surface area contributed by atoms with Crippen molar-refractivity contribution in [1.29, 1.82) is 0 Å². The van der Waals surface area contributed by atoms with Crippen molar-refractivity contribution in [2.24, 2.45) is 0 Å². The van der Waals surface area contributed by atoms with E-state index in [2.05, 4.69) is 73.4 Å². The molecule has 1 aliphatic rings. The average Bonchev–Trinajstić information content (AvgIpc) is 3.31. The van der Waals surface area contributed by atoms with Crippen LogP contribution in [0.25, 0.3) is 16.5 Å². The number of aromatic nitrogens is 1. The Hall–Kier alpha value is -2.38. The zero-order valence-electron chi connectivity index (χ0n) is 21.8. The third kappa shape index (κ3) is 6.68. The number of fused-ring (bicyclic) bond motifs is 1. The highest BCUT2D eigenvalue weighted by molar-refractivity contribution is 7.80. The summed E-state index contributed by atoms with van der Waals surface area (Å²) in [4.78, 5) is 12.2. The molecule has 2 heterocycles. The maximum Gasteiger partial charge on any atom is 0.202 e. The highest BCUT2D eigenvalue weighted by Gasteiger charge is 2.20. The predicted molar refractivity (Wildman–Crippen MR) is 160 cm³/mol. The number of aromatic amines is 1. The summed E-state index contributed by atoms with van der Waals surface area (Å²) in [7, 11) is 0. The summed E-state index contributed by atoms with van der Waals surface area (Å²) in [5, 5.41) is 6.87. The molecule has 4 rings (SSSR count). The van der Waals surface area contributed by atoms with E-state index in [0.29, 0.717) is 11.2 Å². The van der Waals surface area contributed by atoms with Gasteiger partial charge in [-0.1, -0.05) is 44.5 Å². The summed E-state index contributed by atoms with van der Waals surface area (Å²) >= 11 is 5.79. The number of halogens is 1. The second-order valence-corrected chi connectivity index (χ2v) is 9.85. The van der Waals surface area contributed by atoms with E-state index in [4.69, 9.17) is 17.1 Å². The van der Waals surface area contributed by atoms with E-state index in [1.165, 1.54) is 29.4 Å². The summed E-state index contributed by atoms with van der Waals surface area (Å²) in [6.07, 6.45) is 9.05. The Bertz CT molecular complexity index is 1160. The highest BCUT2D eigenvalue weighted by Crippen LogP contribution is 2.32. The first-order valence-corrected chi connectivity index (χ1v) is 13.3. The summed E-state index contributed by atoms with van der Waals surface area (Å²) < 4.78 is 0. The molecule has 0 fully saturated rings. The summed E-state index contributed by atoms with van der Waals surface area (Å²) in [6, 6.07) is 17.0. The van der Waals surface area contributed by atoms with Gasteiger partial charge in [-0.2, -0.15) is 5.06 Å². The van der Waals surface area contributed by atoms with Crippen LogP contribution in [0.2, 0.25) is 0 Å². The first-order chi connectivity index (χ1) is 17.0. The van der Waals surface area contributed by atoms with Crippen LogP contribution in [0.1, 0.15) is 58.9 Å². The van der Waals surface area contributed by atoms with Gasteiger partial charge in [0, 0.05) is 47.5 Å². The molecule has 36 heavy (non-hydrogen) atoms. The summed E-state index contributed by atoms with van der Waals surface area (Å²) in [5.74, 6) is 0. The number of hydrogen-bond donors (Lipinski definition) is 2. The van der Waals surface area contributed by atoms with Gasteiger partial charge in [-0.25, -0.2) is 0 Å². The van der Waals surface area contributed by atoms with Gasteiger partial charge in [-0.3, -0.25) is 9.74 Å². The second-order valence-electron chi connectivity index (χ2n) is 9.46. The van der Waals surface area contributed by atoms with Crippen molar-refractivity contribution in [2.45, 2.75) is 65.5 Å². The number of hydrogen-bond acceptors (Lipinski definition) is 3. The number of nitrogens with zero attached hydrogens (tertiary/aromatic N) is 2. The Balaban J connectivity index is 0.00000361. The largest absolute Gasteiger partial charge is 0.361 e. The van der Waals surface area contributed by atoms with Gasteiger partial charge in [-0.05, 0) is 81.2 Å². The SMILES string of the molecule is CCCC(C)N1CC=C(c2c[nH]c3ccc(NC(=S)N(OC(C)CC)c4ccccc4)cc23)CC1.Cl. The molecule has 0 bridgehead atoms. The maximum absolute atomic E-state index is 6.17. The minimum Gasteiger partial charge on any atom is -0.361 e. The number of nitrogens with one attached hydrogen (secondary N) is 2. The van der Waals surface area contributed by atoms with Crippen LogP contribution < -0.4 is 10.4 Å². The fourth-order valence-electron chi connectivity index (χ4n) is 4.61. The van der Waals surface area contributed by atoms with Gasteiger partial charge < -0.3 is 10.3 Å². The van der Waals surface area contributed by atoms with Gasteiger partial charge in [0.15, 0.2) is 0 Å². The third-order valence-electron chi connectivity index (χ3n) is 6.88. The number of hydroxylamine groups is 1. The molecule has 0 saturated heterocycles. The minimum absolute atomic E-state index is 0. The van der Waals surface area contributed by atoms with Crippen molar-refractivity contribution in [3.05, 3.63) is 66.4 Å². The van der Waals surface area contributed by atoms with Crippen LogP contribution in [-0.4, -0.2) is 40.2 Å². The number of anilines is 2. The van der Waals surface area contributed by atoms with Crippen LogP contribution >= 0.6 is 24.6 Å². The van der Waals surface area contributed by atoms with Gasteiger partial charge in [0.2, 0.25) is 5.11 Å². The first-order valence-electron chi connectivity index (χ1n) is 12.9. The van der Waals surface area contributed by atoms with E-state index in [-0.39, 0.29) is 18.5 Å². The normalized spacial score (nSPS) is 15.6. The van der Waals surface area contributed by atoms with Crippen LogP contribution in [0.15, 0.2) is 60.8 Å². The fraction of sp³-hybridized carbons (Fsp3) is 0.414. The molecule has 0 saturated carbocycles. The Labute approximate surface area is 227 Å². The van der Waals surface area contributed by atoms with E-state index in [0.717, 1.165) is 42.8 Å². The lowest BCUT2D eigenvalue weighted by Crippen LogP contribution is -2.37. The lowest BCUT2D eigenvalue weighted by Gasteiger charge is -2.31. The van der Waals surface area contributed by atoms with Crippen LogP contribution in [-0.2, 0) is 4.84 Å². The van der Waals surface area contributed by atoms with Crippen LogP contribution in [0.3, 0.4) is 0 Å². The lowest BCUT2D eigenvalue weighted by molar-refractivity contribution is 0.0709. The minimum atomic E-state index is 0. The number of thiocarbonyl (C=S) groups is 1. The number of benzene rings is 2. The van der Waals surface area contributed by atoms with Crippen molar-refractivity contribution in [2.75, 3.05) is 23.5 Å². The number of para-hydroxylation sites is 1. The van der Waals surface area contributed by atoms with Crippen LogP contribution in [0, 0.1) is 0 Å². The van der Waals surface area contributed by atoms with E-state index >= 15 is 0 Å². The highest BCUT2D eigenvalue weighted by atomic mass is 35.5. The molecule has 1 aromatic heterocycles. The van der Waals surface area contributed by atoms with Crippen molar-refractivity contribution in [3.8, 4) is 0 Å². The second kappa shape index (κ2) is 13.2. The molecule has 1 aliphatic heterocycles. The smallest absolute Gasteiger partial charge is 0.202 e. The predicted octanol–water partition coefficient (Wildman–Crippen LogP) is 7.80. The van der Waals surface area contributed by atoms with Crippen LogP contribution in [0.4, 0.5) is 11.4 Å². The third-order valence-corrected chi connectivity index (χ3v) is 7.15. The van der Waals surface area contributed by atoms with Crippen molar-refractivity contribution >= 4 is 57.6 Å². The van der Waals surface area contributed by atoms with E-state index in [1.54, 1.807) is 5.06 Å². The fourth-order valence-corrected chi connectivity index (χ4v) is 4.88. The molecule has 0 aliphatic carbocycles. The summed E-state index contributed by atoms with van der Waals surface area (Å²) in [6.45, 7) is 10.9. The Morgan fingerprint density at radius 2 is 1.94 bits per heavy atom. The zero-order chi connectivity index (χ0) is 24.8. The van der Waals surface area contributed by atoms with Gasteiger partial charge in [-0.15, -0.1) is 12.4 Å². The van der Waals surface area contributed by atoms with E-state index < -0.39 is 0 Å². The molecule has 0 amide bonds. The molecule has 0 radical (unpaired) electrons. The van der Waals surface area contributed by atoms with Gasteiger partial charge in [0.25, 0.3) is 0 Å². The van der Waals surface area contributed by atoms with Gasteiger partial charge in [0.1, 0.15) is 0 Å². The Kier molecular flexibility index (Phi) is 10.4. The molecule has 3 aromatic rings. The average molecular weight is 527 g/mol. The standard InChI is InChI=1S/C29H38N4OS.ClH/c1-5-10-21(3)32-17-15-23(16-18-32)27-20-30-28-14-13-24(19-26(27)28)31-29(35)33(34-22(4)6-2)25-11-8-7-9-12-25;/h7-9,11-15,19-22,30H,5-6,10,16-18H2,1-4H3,(H,31,35);1H. The van der Waals surface area contributed by atoms with E-state index in [1.807, 2.05) is 30.3 Å². The van der Waals surface area contributed by atoms with E-state index in [9.17, 15) is 0 Å². The molecule has 5 nitrogen and oxygen atoms in total. The van der Waals surface area contributed by atoms with Gasteiger partial charge >= 0.3 is 0 Å². The van der Waals surface area contributed by atoms with Crippen molar-refractivity contribution < 1.29 is 4.84 Å². The summed E-state index contributed by atoms with van der Waals surface area (Å²) in [5.41, 5.74) is 5.69. The number of rotatable bonds is 9. The first kappa shape index (κ1) is 28.2. The molecule has 2 aromatic carbocycles. The molecule has 0 spiro atoms. The monoisotopic (exact) mass is 526 g/mol. The number of H-pyrrole nitrogens is 1. The van der Waals surface area contributed by atoms with Crippen molar-refractivity contribution in [1.82, 2.24) is 9.88 Å². The molecule has 2 unspecified atom stereocenters.